The standard InChI is InChI=1S/C21H19N3O4/c1-12-5-13-6-14(3-4-17(13)24-12)28-21-16-7-19(25-2)20(27-10-15-9-26-15)8-18(16)22-11-23-21/h3-8,11,15,24H,9-10H2,1-2H3/t15-/m0/s1. The summed E-state index contributed by atoms with van der Waals surface area (Å²) in [4.78, 5) is 12.0. The van der Waals surface area contributed by atoms with Crippen molar-refractivity contribution in [1.29, 1.82) is 0 Å². The molecule has 28 heavy (non-hydrogen) atoms. The van der Waals surface area contributed by atoms with E-state index in [4.69, 9.17) is 18.9 Å². The number of methoxy groups -OCH3 is 1. The summed E-state index contributed by atoms with van der Waals surface area (Å²) in [5, 5.41) is 1.84. The van der Waals surface area contributed by atoms with Gasteiger partial charge in [-0.2, -0.15) is 0 Å². The predicted octanol–water partition coefficient (Wildman–Crippen LogP) is 4.00. The van der Waals surface area contributed by atoms with Crippen molar-refractivity contribution in [2.45, 2.75) is 13.0 Å². The number of benzene rings is 2. The highest BCUT2D eigenvalue weighted by molar-refractivity contribution is 5.87. The molecule has 7 nitrogen and oxygen atoms in total. The molecule has 0 unspecified atom stereocenters. The Labute approximate surface area is 161 Å². The van der Waals surface area contributed by atoms with Crippen LogP contribution in [0, 0.1) is 6.92 Å². The zero-order chi connectivity index (χ0) is 19.1. The minimum absolute atomic E-state index is 0.164. The van der Waals surface area contributed by atoms with Crippen molar-refractivity contribution in [3.8, 4) is 23.1 Å². The average molecular weight is 377 g/mol. The minimum Gasteiger partial charge on any atom is -0.493 e. The lowest BCUT2D eigenvalue weighted by Crippen LogP contribution is -2.05. The Balaban J connectivity index is 1.50. The molecule has 3 heterocycles. The van der Waals surface area contributed by atoms with E-state index in [9.17, 15) is 0 Å². The molecule has 1 aliphatic heterocycles. The number of aromatic nitrogens is 3. The van der Waals surface area contributed by atoms with Crippen LogP contribution < -0.4 is 14.2 Å². The van der Waals surface area contributed by atoms with Gasteiger partial charge in [0.15, 0.2) is 11.5 Å². The fourth-order valence-corrected chi connectivity index (χ4v) is 3.17. The van der Waals surface area contributed by atoms with Gasteiger partial charge < -0.3 is 23.9 Å². The van der Waals surface area contributed by atoms with E-state index < -0.39 is 0 Å². The van der Waals surface area contributed by atoms with Crippen LogP contribution in [-0.2, 0) is 4.74 Å². The first-order valence-electron chi connectivity index (χ1n) is 9.04. The van der Waals surface area contributed by atoms with Gasteiger partial charge in [-0.3, -0.25) is 0 Å². The van der Waals surface area contributed by atoms with Crippen molar-refractivity contribution >= 4 is 21.8 Å². The number of nitrogens with zero attached hydrogens (tertiary/aromatic N) is 2. The van der Waals surface area contributed by atoms with Crippen LogP contribution in [0.4, 0.5) is 0 Å². The highest BCUT2D eigenvalue weighted by atomic mass is 16.6. The molecule has 0 saturated carbocycles. The van der Waals surface area contributed by atoms with Gasteiger partial charge in [0.05, 0.1) is 24.6 Å². The van der Waals surface area contributed by atoms with E-state index in [1.807, 2.05) is 37.3 Å². The number of hydrogen-bond acceptors (Lipinski definition) is 6. The van der Waals surface area contributed by atoms with Gasteiger partial charge in [-0.1, -0.05) is 0 Å². The van der Waals surface area contributed by atoms with Gasteiger partial charge in [0.25, 0.3) is 0 Å². The molecule has 0 radical (unpaired) electrons. The molecule has 0 aliphatic carbocycles. The second-order valence-corrected chi connectivity index (χ2v) is 6.77. The number of aromatic amines is 1. The molecule has 1 N–H and O–H groups in total. The molecule has 7 heteroatoms. The number of nitrogens with one attached hydrogen (secondary N) is 1. The molecule has 1 aliphatic rings. The van der Waals surface area contributed by atoms with Gasteiger partial charge >= 0.3 is 0 Å². The largest absolute Gasteiger partial charge is 0.493 e. The number of fused-ring (bicyclic) bond motifs is 2. The lowest BCUT2D eigenvalue weighted by molar-refractivity contribution is 0.252. The zero-order valence-electron chi connectivity index (χ0n) is 15.6. The Morgan fingerprint density at radius 2 is 2.04 bits per heavy atom. The lowest BCUT2D eigenvalue weighted by atomic mass is 10.2. The maximum Gasteiger partial charge on any atom is 0.230 e. The highest BCUT2D eigenvalue weighted by Gasteiger charge is 2.24. The number of epoxide rings is 1. The third-order valence-electron chi connectivity index (χ3n) is 4.65. The molecule has 1 saturated heterocycles. The molecule has 2 aromatic heterocycles. The third-order valence-corrected chi connectivity index (χ3v) is 4.65. The SMILES string of the molecule is COc1cc2c(Oc3ccc4[nH]c(C)cc4c3)ncnc2cc1OC[C@@H]1CO1. The summed E-state index contributed by atoms with van der Waals surface area (Å²) in [5.74, 6) is 2.40. The van der Waals surface area contributed by atoms with Crippen LogP contribution in [0.3, 0.4) is 0 Å². The first kappa shape index (κ1) is 16.8. The van der Waals surface area contributed by atoms with Crippen molar-refractivity contribution in [3.05, 3.63) is 48.4 Å². The van der Waals surface area contributed by atoms with Gasteiger partial charge in [0.1, 0.15) is 24.8 Å². The molecule has 5 rings (SSSR count). The summed E-state index contributed by atoms with van der Waals surface area (Å²) in [5.41, 5.74) is 2.89. The van der Waals surface area contributed by atoms with Gasteiger partial charge in [-0.15, -0.1) is 0 Å². The number of rotatable bonds is 6. The normalized spacial score (nSPS) is 15.7. The minimum atomic E-state index is 0.164. The summed E-state index contributed by atoms with van der Waals surface area (Å²) >= 11 is 0. The Morgan fingerprint density at radius 3 is 2.86 bits per heavy atom. The number of aryl methyl sites for hydroxylation is 1. The van der Waals surface area contributed by atoms with Gasteiger partial charge in [0.2, 0.25) is 5.88 Å². The van der Waals surface area contributed by atoms with Crippen LogP contribution in [0.2, 0.25) is 0 Å². The Morgan fingerprint density at radius 1 is 1.14 bits per heavy atom. The Hall–Kier alpha value is -3.32. The maximum atomic E-state index is 6.08. The van der Waals surface area contributed by atoms with Crippen LogP contribution in [0.15, 0.2) is 42.7 Å². The molecule has 1 atom stereocenters. The summed E-state index contributed by atoms with van der Waals surface area (Å²) in [7, 11) is 1.61. The van der Waals surface area contributed by atoms with E-state index in [2.05, 4.69) is 21.0 Å². The zero-order valence-corrected chi connectivity index (χ0v) is 15.6. The third kappa shape index (κ3) is 3.20. The van der Waals surface area contributed by atoms with Crippen LogP contribution in [0.25, 0.3) is 21.8 Å². The molecule has 4 aromatic rings. The van der Waals surface area contributed by atoms with Gasteiger partial charge in [-0.25, -0.2) is 9.97 Å². The van der Waals surface area contributed by atoms with Crippen LogP contribution in [-0.4, -0.2) is 41.4 Å². The lowest BCUT2D eigenvalue weighted by Gasteiger charge is -2.13. The Bertz CT molecular complexity index is 1170. The van der Waals surface area contributed by atoms with Crippen LogP contribution in [0.5, 0.6) is 23.1 Å². The quantitative estimate of drug-likeness (QED) is 0.512. The molecule has 0 amide bonds. The molecule has 0 spiro atoms. The average Bonchev–Trinajstić information content (AvgIpc) is 3.45. The van der Waals surface area contributed by atoms with E-state index in [0.29, 0.717) is 29.7 Å². The van der Waals surface area contributed by atoms with Crippen molar-refractivity contribution < 1.29 is 18.9 Å². The predicted molar refractivity (Wildman–Crippen MR) is 104 cm³/mol. The smallest absolute Gasteiger partial charge is 0.230 e. The highest BCUT2D eigenvalue weighted by Crippen LogP contribution is 2.36. The van der Waals surface area contributed by atoms with Crippen molar-refractivity contribution in [2.24, 2.45) is 0 Å². The summed E-state index contributed by atoms with van der Waals surface area (Å²) in [6.07, 6.45) is 1.65. The Kier molecular flexibility index (Phi) is 4.02. The first-order chi connectivity index (χ1) is 13.7. The fourth-order valence-electron chi connectivity index (χ4n) is 3.17. The summed E-state index contributed by atoms with van der Waals surface area (Å²) in [6, 6.07) is 11.6. The van der Waals surface area contributed by atoms with E-state index >= 15 is 0 Å². The monoisotopic (exact) mass is 377 g/mol. The molecule has 142 valence electrons. The van der Waals surface area contributed by atoms with Crippen molar-refractivity contribution in [3.63, 3.8) is 0 Å². The molecular weight excluding hydrogens is 358 g/mol. The number of hydrogen-bond donors (Lipinski definition) is 1. The van der Waals surface area contributed by atoms with Crippen molar-refractivity contribution in [1.82, 2.24) is 15.0 Å². The molecule has 1 fully saturated rings. The topological polar surface area (TPSA) is 81.8 Å². The summed E-state index contributed by atoms with van der Waals surface area (Å²) in [6.45, 7) is 3.26. The maximum absolute atomic E-state index is 6.08. The number of ether oxygens (including phenoxy) is 4. The van der Waals surface area contributed by atoms with Crippen LogP contribution >= 0.6 is 0 Å². The fraction of sp³-hybridized carbons (Fsp3) is 0.238. The second-order valence-electron chi connectivity index (χ2n) is 6.77. The van der Waals surface area contributed by atoms with Gasteiger partial charge in [0, 0.05) is 22.7 Å². The summed E-state index contributed by atoms with van der Waals surface area (Å²) < 4.78 is 22.6. The van der Waals surface area contributed by atoms with E-state index in [1.54, 1.807) is 7.11 Å². The first-order valence-corrected chi connectivity index (χ1v) is 9.04. The molecule has 0 bridgehead atoms. The van der Waals surface area contributed by atoms with E-state index in [-0.39, 0.29) is 6.10 Å². The van der Waals surface area contributed by atoms with E-state index in [1.165, 1.54) is 6.33 Å². The molecular formula is C21H19N3O4. The van der Waals surface area contributed by atoms with Crippen molar-refractivity contribution in [2.75, 3.05) is 20.3 Å². The second kappa shape index (κ2) is 6.69. The number of H-pyrrole nitrogens is 1. The van der Waals surface area contributed by atoms with Crippen LogP contribution in [0.1, 0.15) is 5.69 Å². The van der Waals surface area contributed by atoms with E-state index in [0.717, 1.165) is 34.1 Å². The molecule has 2 aromatic carbocycles. The van der Waals surface area contributed by atoms with Gasteiger partial charge in [-0.05, 0) is 37.3 Å².